The van der Waals surface area contributed by atoms with E-state index < -0.39 is 0 Å². The maximum Gasteiger partial charge on any atom is 0.141 e. The van der Waals surface area contributed by atoms with Crippen molar-refractivity contribution in [2.75, 3.05) is 5.32 Å². The van der Waals surface area contributed by atoms with E-state index >= 15 is 0 Å². The average Bonchev–Trinajstić information content (AvgIpc) is 3.28. The molecule has 2 heterocycles. The minimum atomic E-state index is 0.828. The van der Waals surface area contributed by atoms with Gasteiger partial charge in [-0.05, 0) is 62.2 Å². The van der Waals surface area contributed by atoms with Gasteiger partial charge in [-0.3, -0.25) is 0 Å². The summed E-state index contributed by atoms with van der Waals surface area (Å²) in [5.74, 6) is 0.828. The Bertz CT molecular complexity index is 1010. The summed E-state index contributed by atoms with van der Waals surface area (Å²) in [7, 11) is 0. The summed E-state index contributed by atoms with van der Waals surface area (Å²) in [4.78, 5) is 3.97. The summed E-state index contributed by atoms with van der Waals surface area (Å²) < 4.78 is 7.03. The molecule has 0 aliphatic rings. The van der Waals surface area contributed by atoms with Crippen LogP contribution in [0.5, 0.6) is 0 Å². The van der Waals surface area contributed by atoms with Crippen LogP contribution in [0.15, 0.2) is 59.6 Å². The van der Waals surface area contributed by atoms with Gasteiger partial charge in [0.25, 0.3) is 0 Å². The Morgan fingerprint density at radius 1 is 1.00 bits per heavy atom. The van der Waals surface area contributed by atoms with E-state index in [1.54, 1.807) is 11.0 Å². The van der Waals surface area contributed by atoms with Gasteiger partial charge >= 0.3 is 0 Å². The fraction of sp³-hybridized carbons (Fsp3) is 0.150. The maximum absolute atomic E-state index is 5.30. The number of rotatable bonds is 4. The van der Waals surface area contributed by atoms with Gasteiger partial charge in [0.2, 0.25) is 0 Å². The Balaban J connectivity index is 1.63. The van der Waals surface area contributed by atoms with Crippen LogP contribution in [0.25, 0.3) is 16.8 Å². The lowest BCUT2D eigenvalue weighted by atomic mass is 10.0. The van der Waals surface area contributed by atoms with Crippen molar-refractivity contribution in [2.24, 2.45) is 0 Å². The molecule has 0 bridgehead atoms. The first-order valence-corrected chi connectivity index (χ1v) is 8.38. The molecular weight excluding hydrogens is 326 g/mol. The van der Waals surface area contributed by atoms with Gasteiger partial charge in [0.05, 0.1) is 11.4 Å². The van der Waals surface area contributed by atoms with E-state index in [1.807, 2.05) is 38.1 Å². The van der Waals surface area contributed by atoms with E-state index in [0.29, 0.717) is 0 Å². The molecule has 6 heteroatoms. The van der Waals surface area contributed by atoms with Crippen LogP contribution in [-0.4, -0.2) is 19.9 Å². The molecule has 0 spiro atoms. The fourth-order valence-electron chi connectivity index (χ4n) is 3.00. The molecule has 0 aliphatic carbocycles. The molecule has 2 aromatic carbocycles. The lowest BCUT2D eigenvalue weighted by Gasteiger charge is -2.12. The van der Waals surface area contributed by atoms with Gasteiger partial charge in [0, 0.05) is 16.9 Å². The molecule has 0 amide bonds. The van der Waals surface area contributed by atoms with Crippen LogP contribution in [0.2, 0.25) is 0 Å². The van der Waals surface area contributed by atoms with Gasteiger partial charge in [-0.1, -0.05) is 17.3 Å². The van der Waals surface area contributed by atoms with Gasteiger partial charge < -0.3 is 9.84 Å². The van der Waals surface area contributed by atoms with Crippen molar-refractivity contribution < 1.29 is 4.52 Å². The first-order chi connectivity index (χ1) is 12.6. The summed E-state index contributed by atoms with van der Waals surface area (Å²) in [6.07, 6.45) is 3.20. The van der Waals surface area contributed by atoms with Crippen LogP contribution in [0.4, 0.5) is 11.4 Å². The highest BCUT2D eigenvalue weighted by Gasteiger charge is 2.12. The first-order valence-electron chi connectivity index (χ1n) is 8.38. The standard InChI is InChI=1S/C20H19N5O/c1-13-4-5-16(20-14(2)24-26-15(20)3)10-19(13)23-17-6-8-18(9-7-17)25-12-21-11-22-25/h4-12,23H,1-3H3. The molecule has 0 aliphatic heterocycles. The molecule has 0 unspecified atom stereocenters. The topological polar surface area (TPSA) is 68.8 Å². The number of anilines is 2. The monoisotopic (exact) mass is 345 g/mol. The van der Waals surface area contributed by atoms with Crippen molar-refractivity contribution in [1.82, 2.24) is 19.9 Å². The van der Waals surface area contributed by atoms with Crippen LogP contribution in [0.3, 0.4) is 0 Å². The van der Waals surface area contributed by atoms with Crippen LogP contribution >= 0.6 is 0 Å². The molecule has 0 saturated carbocycles. The number of nitrogens with one attached hydrogen (secondary N) is 1. The fourth-order valence-corrected chi connectivity index (χ4v) is 3.00. The highest BCUT2D eigenvalue weighted by atomic mass is 16.5. The Hall–Kier alpha value is -3.41. The number of aryl methyl sites for hydroxylation is 3. The predicted molar refractivity (Wildman–Crippen MR) is 101 cm³/mol. The Morgan fingerprint density at radius 3 is 2.46 bits per heavy atom. The van der Waals surface area contributed by atoms with Crippen molar-refractivity contribution >= 4 is 11.4 Å². The SMILES string of the molecule is Cc1ccc(-c2c(C)noc2C)cc1Nc1ccc(-n2cncn2)cc1. The minimum Gasteiger partial charge on any atom is -0.361 e. The third-order valence-electron chi connectivity index (χ3n) is 4.39. The summed E-state index contributed by atoms with van der Waals surface area (Å²) in [5.41, 5.74) is 7.23. The Kier molecular flexibility index (Phi) is 4.01. The van der Waals surface area contributed by atoms with E-state index in [9.17, 15) is 0 Å². The maximum atomic E-state index is 5.30. The smallest absolute Gasteiger partial charge is 0.141 e. The molecule has 2 aromatic heterocycles. The van der Waals surface area contributed by atoms with E-state index in [2.05, 4.69) is 45.7 Å². The van der Waals surface area contributed by atoms with E-state index in [4.69, 9.17) is 4.52 Å². The molecular formula is C20H19N5O. The summed E-state index contributed by atoms with van der Waals surface area (Å²) in [6, 6.07) is 14.4. The second-order valence-electron chi connectivity index (χ2n) is 6.24. The van der Waals surface area contributed by atoms with Crippen molar-refractivity contribution in [2.45, 2.75) is 20.8 Å². The van der Waals surface area contributed by atoms with Gasteiger partial charge in [0.15, 0.2) is 0 Å². The normalized spacial score (nSPS) is 10.9. The van der Waals surface area contributed by atoms with Crippen molar-refractivity contribution in [3.8, 4) is 16.8 Å². The number of hydrogen-bond acceptors (Lipinski definition) is 5. The van der Waals surface area contributed by atoms with Crippen LogP contribution in [-0.2, 0) is 0 Å². The van der Waals surface area contributed by atoms with Crippen LogP contribution < -0.4 is 5.32 Å². The molecule has 0 radical (unpaired) electrons. The minimum absolute atomic E-state index is 0.828. The van der Waals surface area contributed by atoms with Crippen molar-refractivity contribution in [3.63, 3.8) is 0 Å². The second-order valence-corrected chi connectivity index (χ2v) is 6.24. The Morgan fingerprint density at radius 2 is 1.81 bits per heavy atom. The number of benzene rings is 2. The summed E-state index contributed by atoms with van der Waals surface area (Å²) in [6.45, 7) is 5.98. The number of aromatic nitrogens is 4. The zero-order valence-corrected chi connectivity index (χ0v) is 14.9. The third kappa shape index (κ3) is 2.97. The van der Waals surface area contributed by atoms with Gasteiger partial charge in [-0.15, -0.1) is 0 Å². The van der Waals surface area contributed by atoms with Crippen LogP contribution in [0, 0.1) is 20.8 Å². The quantitative estimate of drug-likeness (QED) is 0.586. The molecule has 0 saturated heterocycles. The molecule has 0 fully saturated rings. The van der Waals surface area contributed by atoms with Crippen molar-refractivity contribution in [3.05, 3.63) is 72.1 Å². The molecule has 130 valence electrons. The lowest BCUT2D eigenvalue weighted by Crippen LogP contribution is -1.97. The third-order valence-corrected chi connectivity index (χ3v) is 4.39. The van der Waals surface area contributed by atoms with Crippen LogP contribution in [0.1, 0.15) is 17.0 Å². The lowest BCUT2D eigenvalue weighted by molar-refractivity contribution is 0.393. The predicted octanol–water partition coefficient (Wildman–Crippen LogP) is 4.59. The Labute approximate surface area is 151 Å². The highest BCUT2D eigenvalue weighted by Crippen LogP contribution is 2.31. The summed E-state index contributed by atoms with van der Waals surface area (Å²) >= 11 is 0. The molecule has 6 nitrogen and oxygen atoms in total. The second kappa shape index (κ2) is 6.48. The van der Waals surface area contributed by atoms with Gasteiger partial charge in [0.1, 0.15) is 18.4 Å². The molecule has 0 atom stereocenters. The zero-order chi connectivity index (χ0) is 18.1. The summed E-state index contributed by atoms with van der Waals surface area (Å²) in [5, 5.41) is 11.7. The van der Waals surface area contributed by atoms with E-state index in [1.165, 1.54) is 11.9 Å². The van der Waals surface area contributed by atoms with E-state index in [0.717, 1.165) is 39.6 Å². The molecule has 1 N–H and O–H groups in total. The van der Waals surface area contributed by atoms with Crippen molar-refractivity contribution in [1.29, 1.82) is 0 Å². The molecule has 26 heavy (non-hydrogen) atoms. The van der Waals surface area contributed by atoms with Gasteiger partial charge in [-0.2, -0.15) is 5.10 Å². The number of hydrogen-bond donors (Lipinski definition) is 1. The average molecular weight is 345 g/mol. The number of nitrogens with zero attached hydrogens (tertiary/aromatic N) is 4. The molecule has 4 rings (SSSR count). The van der Waals surface area contributed by atoms with E-state index in [-0.39, 0.29) is 0 Å². The van der Waals surface area contributed by atoms with Gasteiger partial charge in [-0.25, -0.2) is 9.67 Å². The first kappa shape index (κ1) is 16.1. The molecule has 4 aromatic rings. The largest absolute Gasteiger partial charge is 0.361 e. The highest BCUT2D eigenvalue weighted by molar-refractivity contribution is 5.75. The zero-order valence-electron chi connectivity index (χ0n) is 14.9.